The molecule has 4 nitrogen and oxygen atoms in total. The summed E-state index contributed by atoms with van der Waals surface area (Å²) in [4.78, 5) is -0.368. The summed E-state index contributed by atoms with van der Waals surface area (Å²) in [6.45, 7) is 0. The van der Waals surface area contributed by atoms with Gasteiger partial charge in [-0.05, 0) is 24.3 Å². The molecule has 0 radical (unpaired) electrons. The van der Waals surface area contributed by atoms with Crippen LogP contribution in [0.1, 0.15) is 0 Å². The quantitative estimate of drug-likeness (QED) is 0.834. The van der Waals surface area contributed by atoms with Gasteiger partial charge in [-0.2, -0.15) is 0 Å². The summed E-state index contributed by atoms with van der Waals surface area (Å²) in [5.74, 6) is 0. The highest BCUT2D eigenvalue weighted by Crippen LogP contribution is 2.37. The molecule has 0 amide bonds. The molecule has 0 saturated heterocycles. The minimum atomic E-state index is -3.98. The number of nitrogen functional groups attached to an aromatic ring is 2. The number of hydrogen-bond donors (Lipinski definition) is 2. The van der Waals surface area contributed by atoms with Gasteiger partial charge in [-0.1, -0.05) is 35.3 Å². The van der Waals surface area contributed by atoms with Crippen LogP contribution in [0.2, 0.25) is 10.0 Å². The molecule has 0 aromatic heterocycles. The number of benzene rings is 2. The lowest BCUT2D eigenvalue weighted by Crippen LogP contribution is -2.10. The van der Waals surface area contributed by atoms with E-state index in [1.54, 1.807) is 12.1 Å². The van der Waals surface area contributed by atoms with Gasteiger partial charge in [0.1, 0.15) is 9.79 Å². The zero-order chi connectivity index (χ0) is 14.2. The Kier molecular flexibility index (Phi) is 3.62. The molecule has 0 unspecified atom stereocenters. The van der Waals surface area contributed by atoms with Crippen LogP contribution in [0.4, 0.5) is 11.4 Å². The van der Waals surface area contributed by atoms with E-state index in [9.17, 15) is 8.42 Å². The fraction of sp³-hybridized carbons (Fsp3) is 0. The minimum Gasteiger partial charge on any atom is -0.398 e. The molecule has 0 bridgehead atoms. The Balaban J connectivity index is 2.81. The zero-order valence-electron chi connectivity index (χ0n) is 9.60. The Morgan fingerprint density at radius 3 is 1.68 bits per heavy atom. The van der Waals surface area contributed by atoms with Gasteiger partial charge >= 0.3 is 0 Å². The number of halogens is 2. The highest BCUT2D eigenvalue weighted by atomic mass is 35.5. The standard InChI is InChI=1S/C12H10Cl2N2O2S/c13-7-3-1-4-8(14)11(7)19(17,18)12-9(15)5-2-6-10(12)16/h1-6H,15-16H2. The zero-order valence-corrected chi connectivity index (χ0v) is 11.9. The molecule has 0 saturated carbocycles. The van der Waals surface area contributed by atoms with E-state index in [0.717, 1.165) is 0 Å². The second-order valence-corrected chi connectivity index (χ2v) is 6.46. The molecule has 100 valence electrons. The van der Waals surface area contributed by atoms with Gasteiger partial charge in [0.05, 0.1) is 21.4 Å². The van der Waals surface area contributed by atoms with Crippen LogP contribution in [-0.4, -0.2) is 8.42 Å². The van der Waals surface area contributed by atoms with Crippen LogP contribution in [0.3, 0.4) is 0 Å². The molecular weight excluding hydrogens is 307 g/mol. The first-order valence-corrected chi connectivity index (χ1v) is 7.42. The van der Waals surface area contributed by atoms with Crippen molar-refractivity contribution in [2.24, 2.45) is 0 Å². The van der Waals surface area contributed by atoms with Gasteiger partial charge < -0.3 is 11.5 Å². The summed E-state index contributed by atoms with van der Waals surface area (Å²) in [7, 11) is -3.98. The largest absolute Gasteiger partial charge is 0.398 e. The van der Waals surface area contributed by atoms with Gasteiger partial charge in [0, 0.05) is 0 Å². The van der Waals surface area contributed by atoms with Crippen LogP contribution < -0.4 is 11.5 Å². The van der Waals surface area contributed by atoms with E-state index >= 15 is 0 Å². The summed E-state index contributed by atoms with van der Waals surface area (Å²) in [5.41, 5.74) is 11.5. The van der Waals surface area contributed by atoms with Crippen molar-refractivity contribution in [1.29, 1.82) is 0 Å². The Labute approximate surface area is 120 Å². The van der Waals surface area contributed by atoms with Crippen LogP contribution in [0.25, 0.3) is 0 Å². The molecule has 0 aliphatic carbocycles. The van der Waals surface area contributed by atoms with E-state index in [0.29, 0.717) is 0 Å². The third-order valence-electron chi connectivity index (χ3n) is 2.53. The fourth-order valence-corrected chi connectivity index (χ4v) is 4.34. The molecule has 2 aromatic carbocycles. The molecule has 0 spiro atoms. The predicted octanol–water partition coefficient (Wildman–Crippen LogP) is 2.99. The van der Waals surface area contributed by atoms with E-state index in [1.807, 2.05) is 0 Å². The van der Waals surface area contributed by atoms with Crippen LogP contribution in [0.15, 0.2) is 46.2 Å². The third kappa shape index (κ3) is 2.36. The van der Waals surface area contributed by atoms with Crippen molar-refractivity contribution >= 4 is 44.4 Å². The number of sulfone groups is 1. The topological polar surface area (TPSA) is 86.2 Å². The smallest absolute Gasteiger partial charge is 0.213 e. The fourth-order valence-electron chi connectivity index (χ4n) is 1.73. The summed E-state index contributed by atoms with van der Waals surface area (Å²) in [6.07, 6.45) is 0. The summed E-state index contributed by atoms with van der Waals surface area (Å²) in [6, 6.07) is 8.91. The molecule has 0 aliphatic rings. The summed E-state index contributed by atoms with van der Waals surface area (Å²) in [5, 5.41) is 0.0466. The molecule has 0 aliphatic heterocycles. The van der Waals surface area contributed by atoms with E-state index in [1.165, 1.54) is 24.3 Å². The van der Waals surface area contributed by atoms with Gasteiger partial charge in [0.25, 0.3) is 0 Å². The van der Waals surface area contributed by atoms with E-state index in [-0.39, 0.29) is 31.2 Å². The van der Waals surface area contributed by atoms with Crippen molar-refractivity contribution in [2.45, 2.75) is 9.79 Å². The Bertz CT molecular complexity index is 647. The van der Waals surface area contributed by atoms with Gasteiger partial charge in [-0.3, -0.25) is 0 Å². The Hall–Kier alpha value is -1.43. The van der Waals surface area contributed by atoms with E-state index < -0.39 is 9.84 Å². The van der Waals surface area contributed by atoms with Gasteiger partial charge in [-0.25, -0.2) is 8.42 Å². The van der Waals surface area contributed by atoms with Crippen LogP contribution in [0, 0.1) is 0 Å². The van der Waals surface area contributed by atoms with Gasteiger partial charge in [-0.15, -0.1) is 0 Å². The van der Waals surface area contributed by atoms with Gasteiger partial charge in [0.15, 0.2) is 0 Å². The maximum absolute atomic E-state index is 12.6. The molecule has 19 heavy (non-hydrogen) atoms. The average molecular weight is 317 g/mol. The highest BCUT2D eigenvalue weighted by molar-refractivity contribution is 7.92. The molecular formula is C12H10Cl2N2O2S. The molecule has 2 rings (SSSR count). The predicted molar refractivity (Wildman–Crippen MR) is 77.2 cm³/mol. The Morgan fingerprint density at radius 2 is 1.21 bits per heavy atom. The molecule has 0 atom stereocenters. The number of hydrogen-bond acceptors (Lipinski definition) is 4. The van der Waals surface area contributed by atoms with Crippen LogP contribution >= 0.6 is 23.2 Å². The van der Waals surface area contributed by atoms with Crippen molar-refractivity contribution < 1.29 is 8.42 Å². The normalized spacial score (nSPS) is 11.5. The second-order valence-electron chi connectivity index (χ2n) is 3.82. The summed E-state index contributed by atoms with van der Waals surface area (Å²) < 4.78 is 25.2. The second kappa shape index (κ2) is 4.92. The first-order chi connectivity index (χ1) is 8.85. The van der Waals surface area contributed by atoms with Crippen molar-refractivity contribution in [3.8, 4) is 0 Å². The van der Waals surface area contributed by atoms with E-state index in [4.69, 9.17) is 34.7 Å². The lowest BCUT2D eigenvalue weighted by molar-refractivity contribution is 0.597. The molecule has 0 fully saturated rings. The van der Waals surface area contributed by atoms with Crippen LogP contribution in [-0.2, 0) is 9.84 Å². The first-order valence-electron chi connectivity index (χ1n) is 5.18. The highest BCUT2D eigenvalue weighted by Gasteiger charge is 2.27. The Morgan fingerprint density at radius 1 is 0.789 bits per heavy atom. The van der Waals surface area contributed by atoms with Crippen molar-refractivity contribution in [3.63, 3.8) is 0 Å². The maximum atomic E-state index is 12.6. The SMILES string of the molecule is Nc1cccc(N)c1S(=O)(=O)c1c(Cl)cccc1Cl. The van der Waals surface area contributed by atoms with E-state index in [2.05, 4.69) is 0 Å². The monoisotopic (exact) mass is 316 g/mol. The lowest BCUT2D eigenvalue weighted by Gasteiger charge is -2.12. The third-order valence-corrected chi connectivity index (χ3v) is 5.37. The minimum absolute atomic E-state index is 0.0233. The lowest BCUT2D eigenvalue weighted by atomic mass is 10.3. The van der Waals surface area contributed by atoms with Crippen LogP contribution in [0.5, 0.6) is 0 Å². The average Bonchev–Trinajstić information content (AvgIpc) is 2.27. The first kappa shape index (κ1) is 14.0. The molecule has 2 aromatic rings. The maximum Gasteiger partial charge on any atom is 0.213 e. The van der Waals surface area contributed by atoms with Crippen molar-refractivity contribution in [3.05, 3.63) is 46.4 Å². The van der Waals surface area contributed by atoms with Crippen molar-refractivity contribution in [1.82, 2.24) is 0 Å². The van der Waals surface area contributed by atoms with Crippen molar-refractivity contribution in [2.75, 3.05) is 11.5 Å². The number of anilines is 2. The summed E-state index contributed by atoms with van der Waals surface area (Å²) >= 11 is 11.8. The number of rotatable bonds is 2. The molecule has 7 heteroatoms. The molecule has 0 heterocycles. The molecule has 4 N–H and O–H groups in total. The van der Waals surface area contributed by atoms with Gasteiger partial charge in [0.2, 0.25) is 9.84 Å². The number of nitrogens with two attached hydrogens (primary N) is 2.